The van der Waals surface area contributed by atoms with E-state index in [0.717, 1.165) is 11.3 Å². The predicted molar refractivity (Wildman–Crippen MR) is 83.2 cm³/mol. The molecule has 21 heavy (non-hydrogen) atoms. The van der Waals surface area contributed by atoms with E-state index in [1.165, 1.54) is 7.11 Å². The monoisotopic (exact) mass is 292 g/mol. The molecule has 0 fully saturated rings. The second kappa shape index (κ2) is 7.67. The van der Waals surface area contributed by atoms with Crippen LogP contribution in [-0.2, 0) is 16.0 Å². The lowest BCUT2D eigenvalue weighted by atomic mass is 10.0. The van der Waals surface area contributed by atoms with Crippen LogP contribution in [0, 0.1) is 5.92 Å². The SMILES string of the molecule is COC(=O)[C@H](C)Cc1ccc(NC(=O)N(C)C(C)C)cc1. The standard InChI is InChI=1S/C16H24N2O3/c1-11(2)18(4)16(20)17-14-8-6-13(7-9-14)10-12(3)15(19)21-5/h6-9,11-12H,10H2,1-5H3,(H,17,20)/t12-/m1/s1. The molecule has 0 saturated carbocycles. The molecule has 0 unspecified atom stereocenters. The summed E-state index contributed by atoms with van der Waals surface area (Å²) < 4.78 is 4.71. The van der Waals surface area contributed by atoms with Crippen LogP contribution in [-0.4, -0.2) is 37.1 Å². The number of amides is 2. The summed E-state index contributed by atoms with van der Waals surface area (Å²) in [6.45, 7) is 5.74. The minimum absolute atomic E-state index is 0.138. The highest BCUT2D eigenvalue weighted by molar-refractivity contribution is 5.89. The van der Waals surface area contributed by atoms with Crippen LogP contribution < -0.4 is 5.32 Å². The van der Waals surface area contributed by atoms with E-state index < -0.39 is 0 Å². The highest BCUT2D eigenvalue weighted by Crippen LogP contribution is 2.14. The highest BCUT2D eigenvalue weighted by Gasteiger charge is 2.14. The Morgan fingerprint density at radius 1 is 1.19 bits per heavy atom. The van der Waals surface area contributed by atoms with Crippen molar-refractivity contribution in [1.82, 2.24) is 4.90 Å². The Kier molecular flexibility index (Phi) is 6.21. The Labute approximate surface area is 126 Å². The van der Waals surface area contributed by atoms with Crippen molar-refractivity contribution in [1.29, 1.82) is 0 Å². The van der Waals surface area contributed by atoms with Crippen LogP contribution in [0.25, 0.3) is 0 Å². The average molecular weight is 292 g/mol. The van der Waals surface area contributed by atoms with Crippen molar-refractivity contribution in [2.24, 2.45) is 5.92 Å². The summed E-state index contributed by atoms with van der Waals surface area (Å²) in [4.78, 5) is 24.9. The highest BCUT2D eigenvalue weighted by atomic mass is 16.5. The van der Waals surface area contributed by atoms with E-state index in [1.54, 1.807) is 11.9 Å². The molecule has 0 heterocycles. The molecule has 0 aliphatic heterocycles. The maximum atomic E-state index is 11.9. The lowest BCUT2D eigenvalue weighted by Crippen LogP contribution is -2.36. The van der Waals surface area contributed by atoms with Crippen molar-refractivity contribution < 1.29 is 14.3 Å². The summed E-state index contributed by atoms with van der Waals surface area (Å²) >= 11 is 0. The summed E-state index contributed by atoms with van der Waals surface area (Å²) in [5.74, 6) is -0.395. The van der Waals surface area contributed by atoms with Gasteiger partial charge in [0.25, 0.3) is 0 Å². The fourth-order valence-corrected chi connectivity index (χ4v) is 1.81. The molecule has 1 atom stereocenters. The molecule has 1 aromatic rings. The molecule has 5 nitrogen and oxygen atoms in total. The van der Waals surface area contributed by atoms with Gasteiger partial charge in [-0.15, -0.1) is 0 Å². The molecule has 116 valence electrons. The fourth-order valence-electron chi connectivity index (χ4n) is 1.81. The first-order valence-electron chi connectivity index (χ1n) is 7.05. The van der Waals surface area contributed by atoms with Gasteiger partial charge in [-0.2, -0.15) is 0 Å². The van der Waals surface area contributed by atoms with Crippen molar-refractivity contribution in [3.05, 3.63) is 29.8 Å². The van der Waals surface area contributed by atoms with Gasteiger partial charge in [-0.3, -0.25) is 4.79 Å². The van der Waals surface area contributed by atoms with E-state index in [1.807, 2.05) is 45.0 Å². The summed E-state index contributed by atoms with van der Waals surface area (Å²) in [6, 6.07) is 7.50. The minimum Gasteiger partial charge on any atom is -0.469 e. The number of ether oxygens (including phenoxy) is 1. The fraction of sp³-hybridized carbons (Fsp3) is 0.500. The molecular weight excluding hydrogens is 268 g/mol. The molecule has 0 bridgehead atoms. The number of nitrogens with one attached hydrogen (secondary N) is 1. The van der Waals surface area contributed by atoms with Gasteiger partial charge in [0, 0.05) is 18.8 Å². The molecule has 2 amide bonds. The van der Waals surface area contributed by atoms with E-state index in [9.17, 15) is 9.59 Å². The zero-order chi connectivity index (χ0) is 16.0. The van der Waals surface area contributed by atoms with Gasteiger partial charge >= 0.3 is 12.0 Å². The minimum atomic E-state index is -0.217. The predicted octanol–water partition coefficient (Wildman–Crippen LogP) is 2.91. The second-order valence-corrected chi connectivity index (χ2v) is 5.46. The number of esters is 1. The topological polar surface area (TPSA) is 58.6 Å². The van der Waals surface area contributed by atoms with E-state index in [-0.39, 0.29) is 24.0 Å². The molecule has 0 aliphatic carbocycles. The van der Waals surface area contributed by atoms with Gasteiger partial charge < -0.3 is 15.0 Å². The van der Waals surface area contributed by atoms with Gasteiger partial charge in [-0.25, -0.2) is 4.79 Å². The largest absolute Gasteiger partial charge is 0.469 e. The Balaban J connectivity index is 2.62. The van der Waals surface area contributed by atoms with Crippen LogP contribution in [0.15, 0.2) is 24.3 Å². The second-order valence-electron chi connectivity index (χ2n) is 5.46. The van der Waals surface area contributed by atoms with Crippen LogP contribution in [0.1, 0.15) is 26.3 Å². The number of methoxy groups -OCH3 is 1. The number of anilines is 1. The van der Waals surface area contributed by atoms with Crippen molar-refractivity contribution in [3.8, 4) is 0 Å². The average Bonchev–Trinajstić information content (AvgIpc) is 2.47. The molecule has 5 heteroatoms. The van der Waals surface area contributed by atoms with Gasteiger partial charge in [0.2, 0.25) is 0 Å². The van der Waals surface area contributed by atoms with Crippen LogP contribution >= 0.6 is 0 Å². The zero-order valence-electron chi connectivity index (χ0n) is 13.3. The molecule has 0 spiro atoms. The molecule has 0 aliphatic rings. The zero-order valence-corrected chi connectivity index (χ0v) is 13.3. The number of urea groups is 1. The van der Waals surface area contributed by atoms with Gasteiger partial charge in [0.15, 0.2) is 0 Å². The maximum Gasteiger partial charge on any atom is 0.321 e. The van der Waals surface area contributed by atoms with Crippen molar-refractivity contribution >= 4 is 17.7 Å². The maximum absolute atomic E-state index is 11.9. The molecule has 0 aromatic heterocycles. The first kappa shape index (κ1) is 17.0. The molecule has 0 saturated heterocycles. The van der Waals surface area contributed by atoms with Gasteiger partial charge in [0.05, 0.1) is 13.0 Å². The van der Waals surface area contributed by atoms with E-state index in [0.29, 0.717) is 6.42 Å². The molecular formula is C16H24N2O3. The lowest BCUT2D eigenvalue weighted by Gasteiger charge is -2.21. The van der Waals surface area contributed by atoms with Gasteiger partial charge in [-0.1, -0.05) is 19.1 Å². The third kappa shape index (κ3) is 5.10. The van der Waals surface area contributed by atoms with E-state index in [2.05, 4.69) is 5.32 Å². The summed E-state index contributed by atoms with van der Waals surface area (Å²) in [5, 5.41) is 2.83. The van der Waals surface area contributed by atoms with E-state index >= 15 is 0 Å². The number of rotatable bonds is 5. The summed E-state index contributed by atoms with van der Waals surface area (Å²) in [7, 11) is 3.15. The Hall–Kier alpha value is -2.04. The Morgan fingerprint density at radius 3 is 2.24 bits per heavy atom. The summed E-state index contributed by atoms with van der Waals surface area (Å²) in [5.41, 5.74) is 1.77. The van der Waals surface area contributed by atoms with Crippen LogP contribution in [0.5, 0.6) is 0 Å². The number of carbonyl (C=O) groups excluding carboxylic acids is 2. The first-order valence-corrected chi connectivity index (χ1v) is 7.05. The Morgan fingerprint density at radius 2 is 1.76 bits per heavy atom. The Bertz CT molecular complexity index is 483. The number of hydrogen-bond acceptors (Lipinski definition) is 3. The third-order valence-corrected chi connectivity index (χ3v) is 3.45. The molecule has 1 N–H and O–H groups in total. The molecule has 1 rings (SSSR count). The van der Waals surface area contributed by atoms with Crippen LogP contribution in [0.3, 0.4) is 0 Å². The van der Waals surface area contributed by atoms with Crippen molar-refractivity contribution in [2.45, 2.75) is 33.2 Å². The normalized spacial score (nSPS) is 11.9. The van der Waals surface area contributed by atoms with Crippen LogP contribution in [0.2, 0.25) is 0 Å². The lowest BCUT2D eigenvalue weighted by molar-refractivity contribution is -0.144. The quantitative estimate of drug-likeness (QED) is 0.849. The van der Waals surface area contributed by atoms with E-state index in [4.69, 9.17) is 4.74 Å². The summed E-state index contributed by atoms with van der Waals surface area (Å²) in [6.07, 6.45) is 0.618. The molecule has 1 aromatic carbocycles. The first-order chi connectivity index (χ1) is 9.85. The smallest absolute Gasteiger partial charge is 0.321 e. The van der Waals surface area contributed by atoms with Gasteiger partial charge in [-0.05, 0) is 38.0 Å². The van der Waals surface area contributed by atoms with Crippen molar-refractivity contribution in [2.75, 3.05) is 19.5 Å². The molecule has 0 radical (unpaired) electrons. The number of nitrogens with zero attached hydrogens (tertiary/aromatic N) is 1. The third-order valence-electron chi connectivity index (χ3n) is 3.45. The number of benzene rings is 1. The number of carbonyl (C=O) groups is 2. The van der Waals surface area contributed by atoms with Crippen LogP contribution in [0.4, 0.5) is 10.5 Å². The van der Waals surface area contributed by atoms with Gasteiger partial charge in [0.1, 0.15) is 0 Å². The number of hydrogen-bond donors (Lipinski definition) is 1. The van der Waals surface area contributed by atoms with Crippen molar-refractivity contribution in [3.63, 3.8) is 0 Å².